The molecule has 0 bridgehead atoms. The van der Waals surface area contributed by atoms with Crippen molar-refractivity contribution < 1.29 is 4.74 Å². The SMILES string of the molecule is CCCNC(CCC1CCCO1)C(C)CCC. The molecule has 2 heteroatoms. The molecule has 0 aromatic heterocycles. The van der Waals surface area contributed by atoms with Crippen LogP contribution in [0.4, 0.5) is 0 Å². The zero-order valence-corrected chi connectivity index (χ0v) is 12.0. The summed E-state index contributed by atoms with van der Waals surface area (Å²) in [5.41, 5.74) is 0. The molecule has 1 rings (SSSR count). The van der Waals surface area contributed by atoms with Crippen LogP contribution < -0.4 is 5.32 Å². The molecule has 1 aliphatic rings. The Morgan fingerprint density at radius 3 is 2.65 bits per heavy atom. The van der Waals surface area contributed by atoms with Gasteiger partial charge in [0, 0.05) is 12.6 Å². The lowest BCUT2D eigenvalue weighted by atomic mass is 9.92. The minimum Gasteiger partial charge on any atom is -0.378 e. The number of hydrogen-bond donors (Lipinski definition) is 1. The Kier molecular flexibility index (Phi) is 7.87. The first kappa shape index (κ1) is 15.0. The van der Waals surface area contributed by atoms with Crippen molar-refractivity contribution in [3.8, 4) is 0 Å². The summed E-state index contributed by atoms with van der Waals surface area (Å²) in [4.78, 5) is 0. The fraction of sp³-hybridized carbons (Fsp3) is 1.00. The van der Waals surface area contributed by atoms with E-state index in [2.05, 4.69) is 26.1 Å². The molecule has 2 nitrogen and oxygen atoms in total. The van der Waals surface area contributed by atoms with E-state index in [4.69, 9.17) is 4.74 Å². The van der Waals surface area contributed by atoms with Gasteiger partial charge in [0.15, 0.2) is 0 Å². The molecular formula is C15H31NO. The van der Waals surface area contributed by atoms with E-state index in [0.717, 1.165) is 19.1 Å². The second-order valence-electron chi connectivity index (χ2n) is 5.54. The molecule has 1 heterocycles. The number of ether oxygens (including phenoxy) is 1. The molecule has 102 valence electrons. The van der Waals surface area contributed by atoms with Gasteiger partial charge < -0.3 is 10.1 Å². The van der Waals surface area contributed by atoms with Crippen LogP contribution in [0.1, 0.15) is 65.7 Å². The van der Waals surface area contributed by atoms with E-state index in [9.17, 15) is 0 Å². The summed E-state index contributed by atoms with van der Waals surface area (Å²) in [6.45, 7) is 9.07. The van der Waals surface area contributed by atoms with Gasteiger partial charge in [-0.1, -0.05) is 27.2 Å². The molecule has 17 heavy (non-hydrogen) atoms. The summed E-state index contributed by atoms with van der Waals surface area (Å²) >= 11 is 0. The van der Waals surface area contributed by atoms with Gasteiger partial charge >= 0.3 is 0 Å². The molecule has 1 aliphatic heterocycles. The molecule has 3 unspecified atom stereocenters. The minimum absolute atomic E-state index is 0.551. The van der Waals surface area contributed by atoms with Gasteiger partial charge in [0.1, 0.15) is 0 Å². The summed E-state index contributed by atoms with van der Waals surface area (Å²) in [6.07, 6.45) is 9.49. The van der Waals surface area contributed by atoms with Crippen LogP contribution in [0.25, 0.3) is 0 Å². The van der Waals surface area contributed by atoms with E-state index >= 15 is 0 Å². The molecule has 0 spiro atoms. The standard InChI is InChI=1S/C15H31NO/c1-4-7-13(3)15(16-11-5-2)10-9-14-8-6-12-17-14/h13-16H,4-12H2,1-3H3. The maximum atomic E-state index is 5.72. The van der Waals surface area contributed by atoms with Gasteiger partial charge in [-0.25, -0.2) is 0 Å². The topological polar surface area (TPSA) is 21.3 Å². The number of rotatable bonds is 9. The quantitative estimate of drug-likeness (QED) is 0.664. The van der Waals surface area contributed by atoms with Crippen LogP contribution in [0.2, 0.25) is 0 Å². The molecule has 0 radical (unpaired) electrons. The number of hydrogen-bond acceptors (Lipinski definition) is 2. The van der Waals surface area contributed by atoms with E-state index in [0.29, 0.717) is 12.1 Å². The van der Waals surface area contributed by atoms with Gasteiger partial charge in [0.2, 0.25) is 0 Å². The van der Waals surface area contributed by atoms with E-state index in [1.54, 1.807) is 0 Å². The Morgan fingerprint density at radius 2 is 2.06 bits per heavy atom. The third-order valence-corrected chi connectivity index (χ3v) is 3.91. The summed E-state index contributed by atoms with van der Waals surface area (Å²) in [7, 11) is 0. The first-order valence-corrected chi connectivity index (χ1v) is 7.62. The van der Waals surface area contributed by atoms with Gasteiger partial charge in [-0.2, -0.15) is 0 Å². The van der Waals surface area contributed by atoms with Crippen LogP contribution in [0.3, 0.4) is 0 Å². The molecule has 0 aliphatic carbocycles. The maximum Gasteiger partial charge on any atom is 0.0576 e. The van der Waals surface area contributed by atoms with Gasteiger partial charge in [-0.05, 0) is 51.0 Å². The molecule has 0 aromatic rings. The molecule has 1 saturated heterocycles. The first-order valence-electron chi connectivity index (χ1n) is 7.62. The van der Waals surface area contributed by atoms with E-state index in [-0.39, 0.29) is 0 Å². The summed E-state index contributed by atoms with van der Waals surface area (Å²) in [5.74, 6) is 0.799. The van der Waals surface area contributed by atoms with Gasteiger partial charge in [-0.3, -0.25) is 0 Å². The monoisotopic (exact) mass is 241 g/mol. The van der Waals surface area contributed by atoms with E-state index in [1.807, 2.05) is 0 Å². The second kappa shape index (κ2) is 8.93. The van der Waals surface area contributed by atoms with Crippen molar-refractivity contribution in [3.63, 3.8) is 0 Å². The molecular weight excluding hydrogens is 210 g/mol. The second-order valence-corrected chi connectivity index (χ2v) is 5.54. The van der Waals surface area contributed by atoms with Crippen LogP contribution in [-0.2, 0) is 4.74 Å². The zero-order chi connectivity index (χ0) is 12.5. The Balaban J connectivity index is 2.27. The Hall–Kier alpha value is -0.0800. The van der Waals surface area contributed by atoms with Gasteiger partial charge in [0.05, 0.1) is 6.10 Å². The maximum absolute atomic E-state index is 5.72. The average Bonchev–Trinajstić information content (AvgIpc) is 2.82. The van der Waals surface area contributed by atoms with Crippen LogP contribution in [0.15, 0.2) is 0 Å². The normalized spacial score (nSPS) is 23.8. The molecule has 1 fully saturated rings. The molecule has 0 amide bonds. The van der Waals surface area contributed by atoms with Crippen molar-refractivity contribution in [3.05, 3.63) is 0 Å². The summed E-state index contributed by atoms with van der Waals surface area (Å²) in [6, 6.07) is 0.694. The first-order chi connectivity index (χ1) is 8.27. The van der Waals surface area contributed by atoms with Crippen LogP contribution in [0, 0.1) is 5.92 Å². The third kappa shape index (κ3) is 5.87. The third-order valence-electron chi connectivity index (χ3n) is 3.91. The highest BCUT2D eigenvalue weighted by Crippen LogP contribution is 2.21. The van der Waals surface area contributed by atoms with Crippen molar-refractivity contribution in [2.24, 2.45) is 5.92 Å². The molecule has 3 atom stereocenters. The largest absolute Gasteiger partial charge is 0.378 e. The van der Waals surface area contributed by atoms with Gasteiger partial charge in [-0.15, -0.1) is 0 Å². The lowest BCUT2D eigenvalue weighted by Gasteiger charge is -2.26. The zero-order valence-electron chi connectivity index (χ0n) is 12.0. The summed E-state index contributed by atoms with van der Waals surface area (Å²) in [5, 5.41) is 3.72. The Labute approximate surface area is 108 Å². The van der Waals surface area contributed by atoms with Crippen molar-refractivity contribution >= 4 is 0 Å². The minimum atomic E-state index is 0.551. The summed E-state index contributed by atoms with van der Waals surface area (Å²) < 4.78 is 5.72. The highest BCUT2D eigenvalue weighted by molar-refractivity contribution is 4.76. The predicted octanol–water partition coefficient (Wildman–Crippen LogP) is 3.75. The predicted molar refractivity (Wildman–Crippen MR) is 74.4 cm³/mol. The van der Waals surface area contributed by atoms with Crippen LogP contribution in [0.5, 0.6) is 0 Å². The molecule has 0 aromatic carbocycles. The highest BCUT2D eigenvalue weighted by Gasteiger charge is 2.20. The highest BCUT2D eigenvalue weighted by atomic mass is 16.5. The van der Waals surface area contributed by atoms with Crippen molar-refractivity contribution in [1.82, 2.24) is 5.32 Å². The van der Waals surface area contributed by atoms with E-state index < -0.39 is 0 Å². The lowest BCUT2D eigenvalue weighted by Crippen LogP contribution is -2.36. The average molecular weight is 241 g/mol. The lowest BCUT2D eigenvalue weighted by molar-refractivity contribution is 0.0972. The van der Waals surface area contributed by atoms with Crippen molar-refractivity contribution in [2.75, 3.05) is 13.2 Å². The fourth-order valence-corrected chi connectivity index (χ4v) is 2.81. The molecule has 1 N–H and O–H groups in total. The Morgan fingerprint density at radius 1 is 1.24 bits per heavy atom. The van der Waals surface area contributed by atoms with Crippen molar-refractivity contribution in [2.45, 2.75) is 77.9 Å². The van der Waals surface area contributed by atoms with Gasteiger partial charge in [0.25, 0.3) is 0 Å². The molecule has 0 saturated carbocycles. The smallest absolute Gasteiger partial charge is 0.0576 e. The fourth-order valence-electron chi connectivity index (χ4n) is 2.81. The van der Waals surface area contributed by atoms with Crippen LogP contribution >= 0.6 is 0 Å². The Bertz CT molecular complexity index is 178. The number of nitrogens with one attached hydrogen (secondary N) is 1. The van der Waals surface area contributed by atoms with E-state index in [1.165, 1.54) is 44.9 Å². The van der Waals surface area contributed by atoms with Crippen LogP contribution in [-0.4, -0.2) is 25.3 Å². The van der Waals surface area contributed by atoms with Crippen molar-refractivity contribution in [1.29, 1.82) is 0 Å².